The van der Waals surface area contributed by atoms with Gasteiger partial charge in [0, 0.05) is 19.4 Å². The van der Waals surface area contributed by atoms with E-state index in [1.54, 1.807) is 0 Å². The van der Waals surface area contributed by atoms with Crippen LogP contribution in [0, 0.1) is 0 Å². The maximum Gasteiger partial charge on any atom is 0.129 e. The predicted octanol–water partition coefficient (Wildman–Crippen LogP) is 1.80. The Morgan fingerprint density at radius 2 is 3.00 bits per heavy atom. The first kappa shape index (κ1) is 2.02. The van der Waals surface area contributed by atoms with Crippen molar-refractivity contribution in [2.75, 3.05) is 0 Å². The second-order valence-electron chi connectivity index (χ2n) is 1.20. The highest BCUT2D eigenvalue weighted by Crippen LogP contribution is 2.03. The monoisotopic (exact) mass is 193 g/mol. The summed E-state index contributed by atoms with van der Waals surface area (Å²) in [5.74, 6) is -0.625. The molecule has 1 heterocycles. The summed E-state index contributed by atoms with van der Waals surface area (Å²) in [6.45, 7) is -2.93. The molecule has 0 aliphatic rings. The molecule has 48 valence electrons. The van der Waals surface area contributed by atoms with Crippen molar-refractivity contribution < 1.29 is 9.60 Å². The van der Waals surface area contributed by atoms with E-state index in [1.807, 2.05) is 0 Å². The third-order valence-electron chi connectivity index (χ3n) is 0.637. The van der Waals surface area contributed by atoms with E-state index in [1.165, 1.54) is 0 Å². The van der Waals surface area contributed by atoms with Gasteiger partial charge in [0.25, 0.3) is 0 Å². The molecule has 0 spiro atoms. The Balaban J connectivity index is 3.35. The van der Waals surface area contributed by atoms with Crippen LogP contribution >= 0.6 is 15.9 Å². The molecule has 0 fully saturated rings. The molecule has 0 amide bonds. The van der Waals surface area contributed by atoms with Crippen molar-refractivity contribution in [1.29, 1.82) is 0 Å². The molecule has 2 nitrogen and oxygen atoms in total. The van der Waals surface area contributed by atoms with Crippen LogP contribution in [0.2, 0.25) is 0 Å². The number of hydrogen-bond donors (Lipinski definition) is 0. The molecule has 0 radical (unpaired) electrons. The standard InChI is InChI=1S/C6H7BrN2/c1-2-6-8-4-3-5(7)9-6/h3-4H,2H2,1H3/i1D3,2D2,3D,4D. The second-order valence-corrected chi connectivity index (χ2v) is 1.95. The van der Waals surface area contributed by atoms with E-state index < -0.39 is 25.2 Å². The lowest BCUT2D eigenvalue weighted by Gasteiger charge is -1.92. The SMILES string of the molecule is [2H]c1nc(C([2H])([2H])C([2H])([2H])[2H])nc(Br)c1[2H]. The van der Waals surface area contributed by atoms with Gasteiger partial charge in [-0.3, -0.25) is 0 Å². The zero-order chi connectivity index (χ0) is 12.7. The minimum atomic E-state index is -2.93. The Kier molecular flexibility index (Phi) is 0.655. The molecular formula is C6H7BrN2. The Bertz CT molecular complexity index is 393. The molecule has 9 heavy (non-hydrogen) atoms. The molecule has 0 aliphatic heterocycles. The zero-order valence-electron chi connectivity index (χ0n) is 11.3. The van der Waals surface area contributed by atoms with Crippen LogP contribution in [0.1, 0.15) is 22.3 Å². The number of hydrogen-bond acceptors (Lipinski definition) is 2. The number of aryl methyl sites for hydroxylation is 1. The van der Waals surface area contributed by atoms with Gasteiger partial charge in [-0.15, -0.1) is 0 Å². The van der Waals surface area contributed by atoms with Gasteiger partial charge in [0.15, 0.2) is 0 Å². The second kappa shape index (κ2) is 2.92. The molecule has 0 aliphatic carbocycles. The fraction of sp³-hybridized carbons (Fsp3) is 0.333. The molecule has 0 saturated carbocycles. The van der Waals surface area contributed by atoms with Gasteiger partial charge < -0.3 is 0 Å². The first-order valence-corrected chi connectivity index (χ1v) is 2.88. The molecule has 0 aromatic carbocycles. The molecule has 1 aromatic rings. The van der Waals surface area contributed by atoms with Crippen LogP contribution in [0.4, 0.5) is 0 Å². The van der Waals surface area contributed by atoms with Gasteiger partial charge in [-0.25, -0.2) is 9.97 Å². The molecule has 1 aromatic heterocycles. The van der Waals surface area contributed by atoms with Gasteiger partial charge in [-0.1, -0.05) is 6.85 Å². The summed E-state index contributed by atoms with van der Waals surface area (Å²) in [5, 5.41) is 0. The maximum atomic E-state index is 7.40. The summed E-state index contributed by atoms with van der Waals surface area (Å²) in [6, 6.07) is -0.315. The summed E-state index contributed by atoms with van der Waals surface area (Å²) in [7, 11) is 0. The van der Waals surface area contributed by atoms with Crippen molar-refractivity contribution >= 4 is 15.9 Å². The van der Waals surface area contributed by atoms with Crippen molar-refractivity contribution in [3.05, 3.63) is 22.6 Å². The van der Waals surface area contributed by atoms with Crippen molar-refractivity contribution in [3.63, 3.8) is 0 Å². The summed E-state index contributed by atoms with van der Waals surface area (Å²) in [5.41, 5.74) is 0. The molecular weight excluding hydrogens is 180 g/mol. The number of nitrogens with zero attached hydrogens (tertiary/aromatic N) is 2. The first-order valence-electron chi connectivity index (χ1n) is 5.58. The van der Waals surface area contributed by atoms with E-state index in [0.717, 1.165) is 0 Å². The smallest absolute Gasteiger partial charge is 0.129 e. The highest BCUT2D eigenvalue weighted by atomic mass is 79.9. The van der Waals surface area contributed by atoms with Crippen LogP contribution in [0.3, 0.4) is 0 Å². The third-order valence-corrected chi connectivity index (χ3v) is 1.01. The van der Waals surface area contributed by atoms with Crippen molar-refractivity contribution in [2.24, 2.45) is 0 Å². The highest BCUT2D eigenvalue weighted by Gasteiger charge is 1.90. The molecule has 3 heteroatoms. The van der Waals surface area contributed by atoms with Gasteiger partial charge in [-0.05, 0) is 22.0 Å². The first-order chi connectivity index (χ1) is 7.07. The largest absolute Gasteiger partial charge is 0.241 e. The lowest BCUT2D eigenvalue weighted by molar-refractivity contribution is 0.928. The summed E-state index contributed by atoms with van der Waals surface area (Å²) < 4.78 is 50.3. The van der Waals surface area contributed by atoms with E-state index in [-0.39, 0.29) is 10.6 Å². The number of halogens is 1. The fourth-order valence-corrected chi connectivity index (χ4v) is 0.585. The normalized spacial score (nSPS) is 23.9. The lowest BCUT2D eigenvalue weighted by Crippen LogP contribution is -1.90. The molecule has 0 N–H and O–H groups in total. The molecule has 0 bridgehead atoms. The van der Waals surface area contributed by atoms with Gasteiger partial charge in [0.1, 0.15) is 10.4 Å². The zero-order valence-corrected chi connectivity index (χ0v) is 5.86. The predicted molar refractivity (Wildman–Crippen MR) is 39.1 cm³/mol. The summed E-state index contributed by atoms with van der Waals surface area (Å²) in [4.78, 5) is 6.91. The average Bonchev–Trinajstić information content (AvgIpc) is 2.11. The van der Waals surface area contributed by atoms with Gasteiger partial charge in [0.05, 0.1) is 2.74 Å². The molecule has 0 saturated heterocycles. The quantitative estimate of drug-likeness (QED) is 0.637. The van der Waals surface area contributed by atoms with Crippen molar-refractivity contribution in [2.45, 2.75) is 13.2 Å². The summed E-state index contributed by atoms with van der Waals surface area (Å²) in [6.07, 6.45) is -3.27. The van der Waals surface area contributed by atoms with Crippen LogP contribution in [0.25, 0.3) is 0 Å². The van der Waals surface area contributed by atoms with Crippen LogP contribution < -0.4 is 0 Å². The molecule has 0 unspecified atom stereocenters. The van der Waals surface area contributed by atoms with Crippen LogP contribution in [0.15, 0.2) is 16.8 Å². The van der Waals surface area contributed by atoms with Gasteiger partial charge >= 0.3 is 0 Å². The molecule has 0 atom stereocenters. The van der Waals surface area contributed by atoms with Crippen LogP contribution in [-0.2, 0) is 6.37 Å². The summed E-state index contributed by atoms with van der Waals surface area (Å²) >= 11 is 2.85. The van der Waals surface area contributed by atoms with Crippen molar-refractivity contribution in [3.8, 4) is 0 Å². The highest BCUT2D eigenvalue weighted by molar-refractivity contribution is 9.10. The van der Waals surface area contributed by atoms with Crippen LogP contribution in [-0.4, -0.2) is 9.97 Å². The van der Waals surface area contributed by atoms with E-state index in [2.05, 4.69) is 25.9 Å². The van der Waals surface area contributed by atoms with Gasteiger partial charge in [-0.2, -0.15) is 0 Å². The molecule has 1 rings (SSSR count). The number of aromatic nitrogens is 2. The fourth-order valence-electron chi connectivity index (χ4n) is 0.329. The Morgan fingerprint density at radius 1 is 2.11 bits per heavy atom. The number of rotatable bonds is 1. The van der Waals surface area contributed by atoms with Crippen molar-refractivity contribution in [1.82, 2.24) is 9.97 Å². The minimum absolute atomic E-state index is 0.101. The van der Waals surface area contributed by atoms with E-state index in [9.17, 15) is 0 Å². The Labute approximate surface area is 72.3 Å². The Morgan fingerprint density at radius 3 is 3.67 bits per heavy atom. The maximum absolute atomic E-state index is 7.40. The van der Waals surface area contributed by atoms with Gasteiger partial charge in [0.2, 0.25) is 0 Å². The van der Waals surface area contributed by atoms with E-state index >= 15 is 0 Å². The average molecular weight is 194 g/mol. The van der Waals surface area contributed by atoms with E-state index in [4.69, 9.17) is 9.60 Å². The van der Waals surface area contributed by atoms with Crippen LogP contribution in [0.5, 0.6) is 0 Å². The topological polar surface area (TPSA) is 25.8 Å². The third kappa shape index (κ3) is 1.75. The minimum Gasteiger partial charge on any atom is -0.241 e. The Hall–Kier alpha value is -0.440. The lowest BCUT2D eigenvalue weighted by atomic mass is 10.4. The van der Waals surface area contributed by atoms with E-state index in [0.29, 0.717) is 0 Å².